The highest BCUT2D eigenvalue weighted by Gasteiger charge is 2.17. The van der Waals surface area contributed by atoms with Gasteiger partial charge in [-0.05, 0) is 44.2 Å². The van der Waals surface area contributed by atoms with Crippen LogP contribution in [0.2, 0.25) is 0 Å². The van der Waals surface area contributed by atoms with Crippen molar-refractivity contribution in [3.63, 3.8) is 0 Å². The number of ether oxygens (including phenoxy) is 1. The summed E-state index contributed by atoms with van der Waals surface area (Å²) in [6, 6.07) is 11.9. The minimum atomic E-state index is -0.340. The van der Waals surface area contributed by atoms with Crippen LogP contribution in [0.25, 0.3) is 0 Å². The smallest absolute Gasteiger partial charge is 0.337 e. The van der Waals surface area contributed by atoms with E-state index in [1.165, 1.54) is 17.6 Å². The van der Waals surface area contributed by atoms with Gasteiger partial charge in [0.25, 0.3) is 0 Å². The van der Waals surface area contributed by atoms with Gasteiger partial charge in [0.15, 0.2) is 0 Å². The van der Waals surface area contributed by atoms with E-state index in [1.807, 2.05) is 13.0 Å². The Hall–Kier alpha value is -2.07. The molecule has 21 heavy (non-hydrogen) atoms. The Morgan fingerprint density at radius 1 is 1.10 bits per heavy atom. The Labute approximate surface area is 128 Å². The average Bonchev–Trinajstić information content (AvgIpc) is 2.62. The van der Waals surface area contributed by atoms with E-state index in [0.29, 0.717) is 5.56 Å². The van der Waals surface area contributed by atoms with Gasteiger partial charge in [-0.15, -0.1) is 0 Å². The van der Waals surface area contributed by atoms with Crippen LogP contribution in [-0.2, 0) is 4.74 Å². The van der Waals surface area contributed by atoms with Gasteiger partial charge in [0.05, 0.1) is 18.4 Å². The van der Waals surface area contributed by atoms with Crippen LogP contribution in [0, 0.1) is 6.92 Å². The van der Waals surface area contributed by atoms with Crippen LogP contribution in [0.5, 0.6) is 0 Å². The number of esters is 1. The molecule has 0 bridgehead atoms. The molecule has 0 saturated carbocycles. The SMILES string of the molecule is COC(=O)c1ccc2c(c1)N=C(C)c1cc(C)ccc1S2. The second-order valence-corrected chi connectivity index (χ2v) is 6.06. The van der Waals surface area contributed by atoms with Crippen molar-refractivity contribution >= 4 is 29.1 Å². The Kier molecular flexibility index (Phi) is 3.55. The molecule has 0 N–H and O–H groups in total. The zero-order valence-electron chi connectivity index (χ0n) is 12.1. The summed E-state index contributed by atoms with van der Waals surface area (Å²) in [4.78, 5) is 18.6. The van der Waals surface area contributed by atoms with E-state index < -0.39 is 0 Å². The summed E-state index contributed by atoms with van der Waals surface area (Å²) in [5, 5.41) is 0. The zero-order chi connectivity index (χ0) is 15.0. The van der Waals surface area contributed by atoms with E-state index in [-0.39, 0.29) is 5.97 Å². The molecule has 0 saturated heterocycles. The van der Waals surface area contributed by atoms with Crippen LogP contribution in [0.4, 0.5) is 5.69 Å². The molecule has 0 amide bonds. The number of fused-ring (bicyclic) bond motifs is 2. The predicted molar refractivity (Wildman–Crippen MR) is 85.0 cm³/mol. The Balaban J connectivity index is 2.13. The van der Waals surface area contributed by atoms with E-state index in [2.05, 4.69) is 30.1 Å². The monoisotopic (exact) mass is 297 g/mol. The molecule has 0 fully saturated rings. The molecule has 0 atom stereocenters. The predicted octanol–water partition coefficient (Wildman–Crippen LogP) is 4.39. The lowest BCUT2D eigenvalue weighted by Gasteiger charge is -2.07. The number of nitrogens with zero attached hydrogens (tertiary/aromatic N) is 1. The first kappa shape index (κ1) is 13.9. The number of carbonyl (C=O) groups excluding carboxylic acids is 1. The van der Waals surface area contributed by atoms with Crippen LogP contribution in [-0.4, -0.2) is 18.8 Å². The number of rotatable bonds is 1. The maximum Gasteiger partial charge on any atom is 0.337 e. The summed E-state index contributed by atoms with van der Waals surface area (Å²) in [5.74, 6) is -0.340. The standard InChI is InChI=1S/C17H15NO2S/c1-10-4-6-15-13(8-10)11(2)18-14-9-12(17(19)20-3)5-7-16(14)21-15/h4-9H,1-3H3. The maximum absolute atomic E-state index is 11.7. The van der Waals surface area contributed by atoms with Crippen molar-refractivity contribution in [1.29, 1.82) is 0 Å². The molecule has 0 unspecified atom stereocenters. The van der Waals surface area contributed by atoms with Crippen molar-refractivity contribution < 1.29 is 9.53 Å². The van der Waals surface area contributed by atoms with E-state index in [9.17, 15) is 4.79 Å². The Bertz CT molecular complexity index is 765. The van der Waals surface area contributed by atoms with E-state index in [1.54, 1.807) is 23.9 Å². The van der Waals surface area contributed by atoms with E-state index >= 15 is 0 Å². The quantitative estimate of drug-likeness (QED) is 0.733. The van der Waals surface area contributed by atoms with Crippen LogP contribution in [0.3, 0.4) is 0 Å². The normalized spacial score (nSPS) is 12.8. The van der Waals surface area contributed by atoms with Crippen molar-refractivity contribution in [2.75, 3.05) is 7.11 Å². The molecule has 106 valence electrons. The molecule has 1 heterocycles. The second kappa shape index (κ2) is 5.37. The molecule has 0 aromatic heterocycles. The van der Waals surface area contributed by atoms with Crippen LogP contribution >= 0.6 is 11.8 Å². The first-order chi connectivity index (χ1) is 10.1. The van der Waals surface area contributed by atoms with Crippen molar-refractivity contribution in [3.8, 4) is 0 Å². The lowest BCUT2D eigenvalue weighted by Crippen LogP contribution is -2.00. The van der Waals surface area contributed by atoms with Crippen molar-refractivity contribution in [3.05, 3.63) is 53.1 Å². The molecule has 4 heteroatoms. The number of hydrogen-bond donors (Lipinski definition) is 0. The summed E-state index contributed by atoms with van der Waals surface area (Å²) in [6.45, 7) is 4.07. The molecule has 0 radical (unpaired) electrons. The highest BCUT2D eigenvalue weighted by atomic mass is 32.2. The molecule has 2 aromatic carbocycles. The fraction of sp³-hybridized carbons (Fsp3) is 0.176. The summed E-state index contributed by atoms with van der Waals surface area (Å²) >= 11 is 1.68. The zero-order valence-corrected chi connectivity index (χ0v) is 13.0. The minimum Gasteiger partial charge on any atom is -0.465 e. The number of methoxy groups -OCH3 is 1. The molecular formula is C17H15NO2S. The molecule has 3 rings (SSSR count). The van der Waals surface area contributed by atoms with Gasteiger partial charge < -0.3 is 4.74 Å². The van der Waals surface area contributed by atoms with Gasteiger partial charge in [-0.3, -0.25) is 4.99 Å². The first-order valence-corrected chi connectivity index (χ1v) is 7.46. The number of aliphatic imine (C=N–C) groups is 1. The van der Waals surface area contributed by atoms with Crippen molar-refractivity contribution in [1.82, 2.24) is 0 Å². The minimum absolute atomic E-state index is 0.340. The van der Waals surface area contributed by atoms with E-state index in [4.69, 9.17) is 4.74 Å². The third-order valence-electron chi connectivity index (χ3n) is 3.41. The van der Waals surface area contributed by atoms with E-state index in [0.717, 1.165) is 21.9 Å². The van der Waals surface area contributed by atoms with Crippen LogP contribution in [0.1, 0.15) is 28.4 Å². The average molecular weight is 297 g/mol. The largest absolute Gasteiger partial charge is 0.465 e. The fourth-order valence-electron chi connectivity index (χ4n) is 2.31. The summed E-state index contributed by atoms with van der Waals surface area (Å²) in [5.41, 5.74) is 4.66. The van der Waals surface area contributed by atoms with Gasteiger partial charge >= 0.3 is 5.97 Å². The molecule has 0 aliphatic carbocycles. The Morgan fingerprint density at radius 3 is 2.62 bits per heavy atom. The van der Waals surface area contributed by atoms with Gasteiger partial charge in [-0.25, -0.2) is 4.79 Å². The molecule has 0 spiro atoms. The van der Waals surface area contributed by atoms with Crippen molar-refractivity contribution in [2.24, 2.45) is 4.99 Å². The van der Waals surface area contributed by atoms with Gasteiger partial charge in [0, 0.05) is 21.1 Å². The van der Waals surface area contributed by atoms with Gasteiger partial charge in [0.2, 0.25) is 0 Å². The second-order valence-electron chi connectivity index (χ2n) is 4.97. The van der Waals surface area contributed by atoms with Crippen LogP contribution < -0.4 is 0 Å². The third-order valence-corrected chi connectivity index (χ3v) is 4.55. The molecule has 1 aliphatic heterocycles. The van der Waals surface area contributed by atoms with Gasteiger partial charge in [0.1, 0.15) is 0 Å². The lowest BCUT2D eigenvalue weighted by atomic mass is 10.1. The molecule has 3 nitrogen and oxygen atoms in total. The highest BCUT2D eigenvalue weighted by Crippen LogP contribution is 2.40. The topological polar surface area (TPSA) is 38.7 Å². The highest BCUT2D eigenvalue weighted by molar-refractivity contribution is 7.99. The number of aryl methyl sites for hydroxylation is 1. The van der Waals surface area contributed by atoms with Gasteiger partial charge in [-0.2, -0.15) is 0 Å². The third kappa shape index (κ3) is 2.59. The number of hydrogen-bond acceptors (Lipinski definition) is 4. The summed E-state index contributed by atoms with van der Waals surface area (Å²) in [7, 11) is 1.38. The fourth-order valence-corrected chi connectivity index (χ4v) is 3.35. The molecule has 1 aliphatic rings. The molecule has 2 aromatic rings. The summed E-state index contributed by atoms with van der Waals surface area (Å²) < 4.78 is 4.77. The summed E-state index contributed by atoms with van der Waals surface area (Å²) in [6.07, 6.45) is 0. The number of benzene rings is 2. The maximum atomic E-state index is 11.7. The van der Waals surface area contributed by atoms with Gasteiger partial charge in [-0.1, -0.05) is 23.4 Å². The first-order valence-electron chi connectivity index (χ1n) is 6.65. The number of carbonyl (C=O) groups is 1. The lowest BCUT2D eigenvalue weighted by molar-refractivity contribution is 0.0600. The molecular weight excluding hydrogens is 282 g/mol. The van der Waals surface area contributed by atoms with Crippen LogP contribution in [0.15, 0.2) is 51.2 Å². The Morgan fingerprint density at radius 2 is 1.86 bits per heavy atom. The van der Waals surface area contributed by atoms with Crippen molar-refractivity contribution in [2.45, 2.75) is 23.6 Å².